The van der Waals surface area contributed by atoms with Gasteiger partial charge in [-0.2, -0.15) is 0 Å². The van der Waals surface area contributed by atoms with Crippen LogP contribution in [-0.2, 0) is 15.5 Å². The molecule has 2 aliphatic rings. The first-order valence-electron chi connectivity index (χ1n) is 8.19. The summed E-state index contributed by atoms with van der Waals surface area (Å²) in [6.07, 6.45) is 6.39. The van der Waals surface area contributed by atoms with Crippen molar-refractivity contribution in [1.29, 1.82) is 0 Å². The Morgan fingerprint density at radius 1 is 1.32 bits per heavy atom. The zero-order chi connectivity index (χ0) is 15.4. The summed E-state index contributed by atoms with van der Waals surface area (Å²) in [6, 6.07) is 5.91. The second-order valence-electron chi connectivity index (χ2n) is 5.88. The fraction of sp³-hybridized carbons (Fsp3) is 0.588. The molecule has 0 saturated carbocycles. The maximum absolute atomic E-state index is 6.14. The van der Waals surface area contributed by atoms with Gasteiger partial charge in [-0.3, -0.25) is 0 Å². The molecule has 2 N–H and O–H groups in total. The average Bonchev–Trinajstić information content (AvgIpc) is 2.81. The lowest BCUT2D eigenvalue weighted by Crippen LogP contribution is -2.30. The molecule has 5 nitrogen and oxygen atoms in total. The van der Waals surface area contributed by atoms with Gasteiger partial charge in [0.2, 0.25) is 5.72 Å². The predicted octanol–water partition coefficient (Wildman–Crippen LogP) is 3.26. The highest BCUT2D eigenvalue weighted by Crippen LogP contribution is 2.44. The van der Waals surface area contributed by atoms with E-state index in [1.807, 2.05) is 18.2 Å². The molecule has 0 radical (unpaired) electrons. The molecular formula is C17H24N2O3. The van der Waals surface area contributed by atoms with Crippen LogP contribution in [0.4, 0.5) is 0 Å². The van der Waals surface area contributed by atoms with E-state index in [0.29, 0.717) is 19.0 Å². The van der Waals surface area contributed by atoms with Crippen LogP contribution in [0.5, 0.6) is 5.75 Å². The number of amidine groups is 1. The van der Waals surface area contributed by atoms with Crippen LogP contribution in [0.15, 0.2) is 23.2 Å². The van der Waals surface area contributed by atoms with Crippen LogP contribution in [0.25, 0.3) is 0 Å². The standard InChI is InChI=1S/C17H24N2O3/c1-2-3-4-5-11-20-14-9-6-8-13-15(14)16(18)19-17(13)10-7-12-21-22-17/h6,8-9H,2-5,7,10-12H2,1H3,(H2,18,19). The zero-order valence-corrected chi connectivity index (χ0v) is 13.1. The number of ether oxygens (including phenoxy) is 1. The van der Waals surface area contributed by atoms with E-state index in [9.17, 15) is 0 Å². The third kappa shape index (κ3) is 2.83. The molecule has 0 aromatic heterocycles. The first kappa shape index (κ1) is 15.3. The highest BCUT2D eigenvalue weighted by Gasteiger charge is 2.44. The summed E-state index contributed by atoms with van der Waals surface area (Å²) in [5.74, 6) is 1.27. The van der Waals surface area contributed by atoms with Gasteiger partial charge in [-0.05, 0) is 18.9 Å². The van der Waals surface area contributed by atoms with Crippen molar-refractivity contribution in [1.82, 2.24) is 0 Å². The van der Waals surface area contributed by atoms with E-state index >= 15 is 0 Å². The highest BCUT2D eigenvalue weighted by molar-refractivity contribution is 6.04. The summed E-state index contributed by atoms with van der Waals surface area (Å²) >= 11 is 0. The quantitative estimate of drug-likeness (QED) is 0.647. The van der Waals surface area contributed by atoms with E-state index in [1.54, 1.807) is 0 Å². The van der Waals surface area contributed by atoms with Gasteiger partial charge in [-0.25, -0.2) is 14.8 Å². The second kappa shape index (κ2) is 6.67. The highest BCUT2D eigenvalue weighted by atomic mass is 17.2. The topological polar surface area (TPSA) is 66.1 Å². The number of fused-ring (bicyclic) bond motifs is 2. The number of aliphatic imine (C=N–C) groups is 1. The number of unbranched alkanes of at least 4 members (excludes halogenated alkanes) is 3. The summed E-state index contributed by atoms with van der Waals surface area (Å²) in [4.78, 5) is 15.2. The van der Waals surface area contributed by atoms with Crippen LogP contribution in [0.1, 0.15) is 56.6 Å². The minimum absolute atomic E-state index is 0.477. The Morgan fingerprint density at radius 3 is 3.00 bits per heavy atom. The van der Waals surface area contributed by atoms with Crippen LogP contribution in [0.2, 0.25) is 0 Å². The molecule has 1 aromatic carbocycles. The SMILES string of the molecule is CCCCCCOc1cccc2c1C(N)=NC21CCCOO1. The molecule has 1 fully saturated rings. The number of hydrogen-bond acceptors (Lipinski definition) is 5. The van der Waals surface area contributed by atoms with Crippen LogP contribution < -0.4 is 10.5 Å². The zero-order valence-electron chi connectivity index (χ0n) is 13.1. The molecule has 1 atom stereocenters. The molecule has 2 aliphatic heterocycles. The Morgan fingerprint density at radius 2 is 2.23 bits per heavy atom. The Balaban J connectivity index is 1.76. The van der Waals surface area contributed by atoms with Gasteiger partial charge in [0.25, 0.3) is 0 Å². The van der Waals surface area contributed by atoms with Crippen molar-refractivity contribution in [3.05, 3.63) is 29.3 Å². The van der Waals surface area contributed by atoms with E-state index in [1.165, 1.54) is 19.3 Å². The number of rotatable bonds is 6. The summed E-state index contributed by atoms with van der Waals surface area (Å²) in [6.45, 7) is 3.50. The van der Waals surface area contributed by atoms with E-state index in [-0.39, 0.29) is 0 Å². The molecular weight excluding hydrogens is 280 g/mol. The number of benzene rings is 1. The van der Waals surface area contributed by atoms with Crippen LogP contribution in [0.3, 0.4) is 0 Å². The molecule has 5 heteroatoms. The van der Waals surface area contributed by atoms with Gasteiger partial charge < -0.3 is 10.5 Å². The van der Waals surface area contributed by atoms with Crippen LogP contribution in [0, 0.1) is 0 Å². The van der Waals surface area contributed by atoms with Gasteiger partial charge >= 0.3 is 0 Å². The van der Waals surface area contributed by atoms with Crippen molar-refractivity contribution < 1.29 is 14.5 Å². The normalized spacial score (nSPS) is 23.4. The van der Waals surface area contributed by atoms with E-state index < -0.39 is 5.72 Å². The lowest BCUT2D eigenvalue weighted by atomic mass is 9.95. The van der Waals surface area contributed by atoms with Gasteiger partial charge in [0.05, 0.1) is 18.8 Å². The largest absolute Gasteiger partial charge is 0.493 e. The third-order valence-corrected chi connectivity index (χ3v) is 4.20. The molecule has 3 rings (SSSR count). The fourth-order valence-electron chi connectivity index (χ4n) is 3.07. The molecule has 0 bridgehead atoms. The van der Waals surface area contributed by atoms with E-state index in [0.717, 1.165) is 36.1 Å². The minimum Gasteiger partial charge on any atom is -0.493 e. The van der Waals surface area contributed by atoms with Crippen molar-refractivity contribution in [3.63, 3.8) is 0 Å². The van der Waals surface area contributed by atoms with Crippen molar-refractivity contribution in [2.75, 3.05) is 13.2 Å². The molecule has 120 valence electrons. The monoisotopic (exact) mass is 304 g/mol. The molecule has 1 saturated heterocycles. The Hall–Kier alpha value is -1.59. The maximum atomic E-state index is 6.14. The molecule has 1 spiro atoms. The Kier molecular flexibility index (Phi) is 4.64. The Bertz CT molecular complexity index is 551. The smallest absolute Gasteiger partial charge is 0.221 e. The van der Waals surface area contributed by atoms with Gasteiger partial charge in [0, 0.05) is 12.0 Å². The van der Waals surface area contributed by atoms with Gasteiger partial charge in [-0.1, -0.05) is 38.3 Å². The van der Waals surface area contributed by atoms with Crippen molar-refractivity contribution in [2.24, 2.45) is 10.7 Å². The lowest BCUT2D eigenvalue weighted by Gasteiger charge is -2.29. The first-order chi connectivity index (χ1) is 10.8. The van der Waals surface area contributed by atoms with Crippen LogP contribution >= 0.6 is 0 Å². The average molecular weight is 304 g/mol. The van der Waals surface area contributed by atoms with Gasteiger partial charge in [-0.15, -0.1) is 0 Å². The summed E-state index contributed by atoms with van der Waals surface area (Å²) in [7, 11) is 0. The number of nitrogens with two attached hydrogens (primary N) is 1. The molecule has 0 aliphatic carbocycles. The third-order valence-electron chi connectivity index (χ3n) is 4.20. The van der Waals surface area contributed by atoms with Crippen LogP contribution in [-0.4, -0.2) is 19.0 Å². The predicted molar refractivity (Wildman–Crippen MR) is 84.8 cm³/mol. The molecule has 1 unspecified atom stereocenters. The second-order valence-corrected chi connectivity index (χ2v) is 5.88. The fourth-order valence-corrected chi connectivity index (χ4v) is 3.07. The van der Waals surface area contributed by atoms with Crippen molar-refractivity contribution in [2.45, 2.75) is 51.2 Å². The molecule has 22 heavy (non-hydrogen) atoms. The summed E-state index contributed by atoms with van der Waals surface area (Å²) < 4.78 is 5.94. The first-order valence-corrected chi connectivity index (χ1v) is 8.19. The Labute approximate surface area is 131 Å². The van der Waals surface area contributed by atoms with E-state index in [4.69, 9.17) is 20.2 Å². The molecule has 2 heterocycles. The summed E-state index contributed by atoms with van der Waals surface area (Å²) in [5.41, 5.74) is 7.18. The van der Waals surface area contributed by atoms with Crippen molar-refractivity contribution >= 4 is 5.84 Å². The van der Waals surface area contributed by atoms with Crippen molar-refractivity contribution in [3.8, 4) is 5.75 Å². The minimum atomic E-state index is -0.779. The van der Waals surface area contributed by atoms with Gasteiger partial charge in [0.1, 0.15) is 11.6 Å². The maximum Gasteiger partial charge on any atom is 0.221 e. The van der Waals surface area contributed by atoms with E-state index in [2.05, 4.69) is 11.9 Å². The lowest BCUT2D eigenvalue weighted by molar-refractivity contribution is -0.386. The number of nitrogens with zero attached hydrogens (tertiary/aromatic N) is 1. The summed E-state index contributed by atoms with van der Waals surface area (Å²) in [5, 5.41) is 0. The molecule has 1 aromatic rings. The van der Waals surface area contributed by atoms with Gasteiger partial charge in [0.15, 0.2) is 0 Å². The number of hydrogen-bond donors (Lipinski definition) is 1. The molecule has 0 amide bonds.